The minimum absolute atomic E-state index is 0.0628. The van der Waals surface area contributed by atoms with Gasteiger partial charge in [-0.25, -0.2) is 4.39 Å². The van der Waals surface area contributed by atoms with Gasteiger partial charge in [-0.2, -0.15) is 0 Å². The molecule has 2 aromatic rings. The van der Waals surface area contributed by atoms with Crippen molar-refractivity contribution in [3.63, 3.8) is 0 Å². The van der Waals surface area contributed by atoms with Crippen LogP contribution in [-0.2, 0) is 17.9 Å². The number of benzene rings is 1. The van der Waals surface area contributed by atoms with Crippen LogP contribution >= 0.6 is 11.3 Å². The molecule has 0 radical (unpaired) electrons. The number of amides is 1. The smallest absolute Gasteiger partial charge is 0.237 e. The zero-order valence-electron chi connectivity index (χ0n) is 14.5. The van der Waals surface area contributed by atoms with Crippen LogP contribution in [0.15, 0.2) is 35.7 Å². The maximum Gasteiger partial charge on any atom is 0.237 e. The highest BCUT2D eigenvalue weighted by Gasteiger charge is 2.16. The largest absolute Gasteiger partial charge is 0.332 e. The van der Waals surface area contributed by atoms with Gasteiger partial charge in [-0.15, -0.1) is 11.3 Å². The van der Waals surface area contributed by atoms with Crippen molar-refractivity contribution in [2.45, 2.75) is 33.9 Å². The standard InChI is InChI=1S/C19H25FN2OS/c1-14(2)10-21-11-19(23)22(13-18-15(3)8-9-24-18)12-16-4-6-17(20)7-5-16/h4-9,14,21H,10-13H2,1-3H3. The fourth-order valence-electron chi connectivity index (χ4n) is 2.36. The first-order valence-corrected chi connectivity index (χ1v) is 9.09. The van der Waals surface area contributed by atoms with E-state index in [0.717, 1.165) is 12.1 Å². The molecule has 24 heavy (non-hydrogen) atoms. The molecule has 0 aliphatic carbocycles. The van der Waals surface area contributed by atoms with Gasteiger partial charge < -0.3 is 10.2 Å². The van der Waals surface area contributed by atoms with Crippen LogP contribution in [0.1, 0.15) is 29.9 Å². The predicted octanol–water partition coefficient (Wildman–Crippen LogP) is 3.97. The third-order valence-electron chi connectivity index (χ3n) is 3.77. The summed E-state index contributed by atoms with van der Waals surface area (Å²) in [6.45, 7) is 8.50. The Balaban J connectivity index is 2.06. The van der Waals surface area contributed by atoms with Crippen LogP contribution in [0.3, 0.4) is 0 Å². The van der Waals surface area contributed by atoms with Gasteiger partial charge in [-0.1, -0.05) is 26.0 Å². The first-order chi connectivity index (χ1) is 11.5. The number of halogens is 1. The molecule has 1 aromatic carbocycles. The second-order valence-corrected chi connectivity index (χ2v) is 7.43. The molecule has 5 heteroatoms. The normalized spacial score (nSPS) is 11.0. The Labute approximate surface area is 147 Å². The van der Waals surface area contributed by atoms with E-state index in [4.69, 9.17) is 0 Å². The molecule has 1 amide bonds. The van der Waals surface area contributed by atoms with E-state index < -0.39 is 0 Å². The first-order valence-electron chi connectivity index (χ1n) is 8.21. The van der Waals surface area contributed by atoms with Crippen LogP contribution in [0.4, 0.5) is 4.39 Å². The fourth-order valence-corrected chi connectivity index (χ4v) is 3.28. The Bertz CT molecular complexity index is 652. The summed E-state index contributed by atoms with van der Waals surface area (Å²) in [6, 6.07) is 8.41. The average molecular weight is 348 g/mol. The number of thiophene rings is 1. The van der Waals surface area contributed by atoms with E-state index in [2.05, 4.69) is 32.2 Å². The molecule has 130 valence electrons. The van der Waals surface area contributed by atoms with Crippen LogP contribution in [0.5, 0.6) is 0 Å². The zero-order valence-corrected chi connectivity index (χ0v) is 15.3. The summed E-state index contributed by atoms with van der Waals surface area (Å²) >= 11 is 1.66. The summed E-state index contributed by atoms with van der Waals surface area (Å²) < 4.78 is 13.1. The van der Waals surface area contributed by atoms with Crippen molar-refractivity contribution in [3.8, 4) is 0 Å². The van der Waals surface area contributed by atoms with E-state index in [1.807, 2.05) is 10.3 Å². The summed E-state index contributed by atoms with van der Waals surface area (Å²) in [4.78, 5) is 15.6. The van der Waals surface area contributed by atoms with Crippen LogP contribution in [0.25, 0.3) is 0 Å². The van der Waals surface area contributed by atoms with E-state index in [0.29, 0.717) is 25.6 Å². The van der Waals surface area contributed by atoms with Gasteiger partial charge in [0.2, 0.25) is 5.91 Å². The summed E-state index contributed by atoms with van der Waals surface area (Å²) in [5.74, 6) is 0.306. The molecule has 3 nitrogen and oxygen atoms in total. The number of rotatable bonds is 8. The molecule has 0 fully saturated rings. The molecule has 0 bridgehead atoms. The summed E-state index contributed by atoms with van der Waals surface area (Å²) in [5.41, 5.74) is 2.13. The number of aryl methyl sites for hydroxylation is 1. The van der Waals surface area contributed by atoms with E-state index in [1.165, 1.54) is 22.6 Å². The summed E-state index contributed by atoms with van der Waals surface area (Å²) in [5, 5.41) is 5.25. The van der Waals surface area contributed by atoms with Gasteiger partial charge in [-0.3, -0.25) is 4.79 Å². The molecule has 1 N–H and O–H groups in total. The highest BCUT2D eigenvalue weighted by Crippen LogP contribution is 2.19. The van der Waals surface area contributed by atoms with Crippen molar-refractivity contribution in [1.82, 2.24) is 10.2 Å². The molecule has 0 aliphatic heterocycles. The minimum Gasteiger partial charge on any atom is -0.332 e. The van der Waals surface area contributed by atoms with Crippen molar-refractivity contribution in [2.24, 2.45) is 5.92 Å². The Morgan fingerprint density at radius 2 is 1.92 bits per heavy atom. The minimum atomic E-state index is -0.260. The highest BCUT2D eigenvalue weighted by atomic mass is 32.1. The number of hydrogen-bond acceptors (Lipinski definition) is 3. The predicted molar refractivity (Wildman–Crippen MR) is 97.4 cm³/mol. The Hall–Kier alpha value is -1.72. The second-order valence-electron chi connectivity index (χ2n) is 6.43. The van der Waals surface area contributed by atoms with Crippen LogP contribution in [0, 0.1) is 18.7 Å². The third-order valence-corrected chi connectivity index (χ3v) is 4.78. The molecule has 1 heterocycles. The molecule has 1 aromatic heterocycles. The summed E-state index contributed by atoms with van der Waals surface area (Å²) in [7, 11) is 0. The maximum atomic E-state index is 13.1. The lowest BCUT2D eigenvalue weighted by Crippen LogP contribution is -2.38. The van der Waals surface area contributed by atoms with E-state index in [1.54, 1.807) is 23.5 Å². The van der Waals surface area contributed by atoms with Crippen molar-refractivity contribution < 1.29 is 9.18 Å². The van der Waals surface area contributed by atoms with Crippen molar-refractivity contribution in [1.29, 1.82) is 0 Å². The molecule has 0 unspecified atom stereocenters. The lowest BCUT2D eigenvalue weighted by molar-refractivity contribution is -0.131. The molecule has 0 saturated heterocycles. The van der Waals surface area contributed by atoms with Crippen molar-refractivity contribution >= 4 is 17.2 Å². The quantitative estimate of drug-likeness (QED) is 0.783. The average Bonchev–Trinajstić information content (AvgIpc) is 2.93. The number of nitrogens with one attached hydrogen (secondary N) is 1. The fraction of sp³-hybridized carbons (Fsp3) is 0.421. The SMILES string of the molecule is Cc1ccsc1CN(Cc1ccc(F)cc1)C(=O)CNCC(C)C. The monoisotopic (exact) mass is 348 g/mol. The first kappa shape index (κ1) is 18.6. The number of carbonyl (C=O) groups excluding carboxylic acids is 1. The molecule has 0 atom stereocenters. The van der Waals surface area contributed by atoms with Gasteiger partial charge in [0.05, 0.1) is 13.1 Å². The van der Waals surface area contributed by atoms with Gasteiger partial charge in [-0.05, 0) is 54.1 Å². The Morgan fingerprint density at radius 3 is 2.50 bits per heavy atom. The van der Waals surface area contributed by atoms with E-state index in [-0.39, 0.29) is 11.7 Å². The van der Waals surface area contributed by atoms with Gasteiger partial charge >= 0.3 is 0 Å². The molecule has 0 spiro atoms. The van der Waals surface area contributed by atoms with Gasteiger partial charge in [0, 0.05) is 11.4 Å². The number of hydrogen-bond donors (Lipinski definition) is 1. The van der Waals surface area contributed by atoms with Gasteiger partial charge in [0.1, 0.15) is 5.82 Å². The third kappa shape index (κ3) is 5.73. The number of carbonyl (C=O) groups is 1. The zero-order chi connectivity index (χ0) is 17.5. The van der Waals surface area contributed by atoms with Gasteiger partial charge in [0.25, 0.3) is 0 Å². The van der Waals surface area contributed by atoms with Crippen LogP contribution in [0.2, 0.25) is 0 Å². The van der Waals surface area contributed by atoms with Gasteiger partial charge in [0.15, 0.2) is 0 Å². The van der Waals surface area contributed by atoms with Crippen LogP contribution < -0.4 is 5.32 Å². The summed E-state index contributed by atoms with van der Waals surface area (Å²) in [6.07, 6.45) is 0. The molecular weight excluding hydrogens is 323 g/mol. The van der Waals surface area contributed by atoms with E-state index >= 15 is 0 Å². The van der Waals surface area contributed by atoms with Crippen molar-refractivity contribution in [3.05, 3.63) is 57.5 Å². The Kier molecular flexibility index (Phi) is 6.94. The molecule has 0 aliphatic rings. The van der Waals surface area contributed by atoms with Crippen LogP contribution in [-0.4, -0.2) is 23.9 Å². The molecule has 0 saturated carbocycles. The second kappa shape index (κ2) is 8.94. The maximum absolute atomic E-state index is 13.1. The lowest BCUT2D eigenvalue weighted by atomic mass is 10.2. The van der Waals surface area contributed by atoms with Crippen molar-refractivity contribution in [2.75, 3.05) is 13.1 Å². The highest BCUT2D eigenvalue weighted by molar-refractivity contribution is 7.10. The topological polar surface area (TPSA) is 32.3 Å². The number of nitrogens with zero attached hydrogens (tertiary/aromatic N) is 1. The Morgan fingerprint density at radius 1 is 1.21 bits per heavy atom. The lowest BCUT2D eigenvalue weighted by Gasteiger charge is -2.23. The van der Waals surface area contributed by atoms with E-state index in [9.17, 15) is 9.18 Å². The molecule has 2 rings (SSSR count). The molecular formula is C19H25FN2OS.